The highest BCUT2D eigenvalue weighted by atomic mass is 35.5. The van der Waals surface area contributed by atoms with Gasteiger partial charge >= 0.3 is 0 Å². The molecule has 1 aromatic heterocycles. The van der Waals surface area contributed by atoms with Gasteiger partial charge in [-0.1, -0.05) is 23.2 Å². The maximum Gasteiger partial charge on any atom is 0.263 e. The molecular weight excluding hydrogens is 359 g/mol. The van der Waals surface area contributed by atoms with Crippen LogP contribution in [0.2, 0.25) is 10.0 Å². The maximum absolute atomic E-state index is 12.3. The van der Waals surface area contributed by atoms with Crippen LogP contribution < -0.4 is 9.62 Å². The Labute approximate surface area is 145 Å². The minimum Gasteiger partial charge on any atom is -0.356 e. The van der Waals surface area contributed by atoms with E-state index >= 15 is 0 Å². The van der Waals surface area contributed by atoms with Crippen LogP contribution in [0.5, 0.6) is 0 Å². The van der Waals surface area contributed by atoms with Crippen LogP contribution in [0.25, 0.3) is 0 Å². The molecule has 6 nitrogen and oxygen atoms in total. The number of anilines is 2. The van der Waals surface area contributed by atoms with E-state index in [9.17, 15) is 8.42 Å². The molecular formula is C14H16Cl2N4O2S. The summed E-state index contributed by atoms with van der Waals surface area (Å²) in [7, 11) is -3.81. The number of aromatic nitrogens is 2. The van der Waals surface area contributed by atoms with Crippen molar-refractivity contribution >= 4 is 44.9 Å². The average Bonchev–Trinajstić information content (AvgIpc) is 2.52. The van der Waals surface area contributed by atoms with Crippen LogP contribution in [-0.4, -0.2) is 31.7 Å². The third kappa shape index (κ3) is 4.25. The monoisotopic (exact) mass is 374 g/mol. The Morgan fingerprint density at radius 2 is 1.74 bits per heavy atom. The Hall–Kier alpha value is -1.57. The molecule has 0 aliphatic carbocycles. The summed E-state index contributed by atoms with van der Waals surface area (Å²) in [6.45, 7) is 5.59. The minimum absolute atomic E-state index is 0.00141. The fourth-order valence-electron chi connectivity index (χ4n) is 1.94. The molecule has 0 aliphatic rings. The van der Waals surface area contributed by atoms with Crippen LogP contribution in [0.4, 0.5) is 11.6 Å². The summed E-state index contributed by atoms with van der Waals surface area (Å²) in [4.78, 5) is 2.01. The van der Waals surface area contributed by atoms with Crippen LogP contribution in [0.15, 0.2) is 35.2 Å². The molecule has 23 heavy (non-hydrogen) atoms. The molecule has 0 aliphatic heterocycles. The third-order valence-electron chi connectivity index (χ3n) is 3.18. The van der Waals surface area contributed by atoms with E-state index in [-0.39, 0.29) is 20.8 Å². The van der Waals surface area contributed by atoms with E-state index < -0.39 is 10.0 Å². The largest absolute Gasteiger partial charge is 0.356 e. The standard InChI is InChI=1S/C14H16Cl2N4O2S/c1-3-20(4-2)14-8-7-13(17-18-14)19-23(21,22)10-5-6-11(15)12(16)9-10/h5-9H,3-4H2,1-2H3,(H,17,19). The van der Waals surface area contributed by atoms with Crippen LogP contribution in [0, 0.1) is 0 Å². The second-order valence-corrected chi connectivity index (χ2v) is 7.13. The van der Waals surface area contributed by atoms with Crippen molar-refractivity contribution in [2.24, 2.45) is 0 Å². The lowest BCUT2D eigenvalue weighted by Gasteiger charge is -2.18. The topological polar surface area (TPSA) is 75.2 Å². The molecule has 0 unspecified atom stereocenters. The molecule has 124 valence electrons. The lowest BCUT2D eigenvalue weighted by Crippen LogP contribution is -2.23. The third-order valence-corrected chi connectivity index (χ3v) is 5.27. The Morgan fingerprint density at radius 1 is 1.04 bits per heavy atom. The number of rotatable bonds is 6. The summed E-state index contributed by atoms with van der Waals surface area (Å²) in [5, 5.41) is 8.39. The second-order valence-electron chi connectivity index (χ2n) is 4.63. The number of sulfonamides is 1. The molecule has 0 spiro atoms. The van der Waals surface area contributed by atoms with Gasteiger partial charge in [0.25, 0.3) is 10.0 Å². The fourth-order valence-corrected chi connectivity index (χ4v) is 3.32. The first kappa shape index (κ1) is 17.8. The molecule has 0 atom stereocenters. The first-order chi connectivity index (χ1) is 10.9. The summed E-state index contributed by atoms with van der Waals surface area (Å²) >= 11 is 11.6. The number of benzene rings is 1. The van der Waals surface area contributed by atoms with Crippen molar-refractivity contribution < 1.29 is 8.42 Å². The summed E-state index contributed by atoms with van der Waals surface area (Å²) in [6, 6.07) is 7.36. The van der Waals surface area contributed by atoms with Gasteiger partial charge in [-0.25, -0.2) is 8.42 Å². The van der Waals surface area contributed by atoms with Gasteiger partial charge in [-0.3, -0.25) is 4.72 Å². The van der Waals surface area contributed by atoms with Gasteiger partial charge in [0, 0.05) is 13.1 Å². The molecule has 2 aromatic rings. The fraction of sp³-hybridized carbons (Fsp3) is 0.286. The van der Waals surface area contributed by atoms with E-state index in [1.54, 1.807) is 12.1 Å². The van der Waals surface area contributed by atoms with Crippen molar-refractivity contribution in [3.8, 4) is 0 Å². The quantitative estimate of drug-likeness (QED) is 0.837. The van der Waals surface area contributed by atoms with Crippen molar-refractivity contribution in [2.75, 3.05) is 22.7 Å². The van der Waals surface area contributed by atoms with Gasteiger partial charge in [0.15, 0.2) is 11.6 Å². The number of hydrogen-bond acceptors (Lipinski definition) is 5. The molecule has 0 fully saturated rings. The molecule has 1 heterocycles. The van der Waals surface area contributed by atoms with Crippen molar-refractivity contribution in [2.45, 2.75) is 18.7 Å². The first-order valence-electron chi connectivity index (χ1n) is 6.94. The van der Waals surface area contributed by atoms with Crippen LogP contribution in [0.3, 0.4) is 0 Å². The normalized spacial score (nSPS) is 11.3. The Kier molecular flexibility index (Phi) is 5.67. The van der Waals surface area contributed by atoms with E-state index in [2.05, 4.69) is 14.9 Å². The number of nitrogens with zero attached hydrogens (tertiary/aromatic N) is 3. The maximum atomic E-state index is 12.3. The van der Waals surface area contributed by atoms with E-state index in [0.717, 1.165) is 13.1 Å². The zero-order chi connectivity index (χ0) is 17.0. The van der Waals surface area contributed by atoms with E-state index in [1.807, 2.05) is 18.7 Å². The Balaban J connectivity index is 2.22. The molecule has 0 saturated carbocycles. The molecule has 0 bridgehead atoms. The highest BCUT2D eigenvalue weighted by Crippen LogP contribution is 2.25. The lowest BCUT2D eigenvalue weighted by atomic mass is 10.4. The van der Waals surface area contributed by atoms with Gasteiger partial charge in [-0.05, 0) is 44.2 Å². The summed E-state index contributed by atoms with van der Waals surface area (Å²) < 4.78 is 27.0. The highest BCUT2D eigenvalue weighted by molar-refractivity contribution is 7.92. The van der Waals surface area contributed by atoms with Gasteiger partial charge in [0.05, 0.1) is 14.9 Å². The van der Waals surface area contributed by atoms with Crippen molar-refractivity contribution in [3.05, 3.63) is 40.4 Å². The van der Waals surface area contributed by atoms with Gasteiger partial charge in [-0.15, -0.1) is 10.2 Å². The van der Waals surface area contributed by atoms with Gasteiger partial charge in [0.1, 0.15) is 0 Å². The summed E-state index contributed by atoms with van der Waals surface area (Å²) in [5.41, 5.74) is 0. The Bertz CT molecular complexity index is 778. The van der Waals surface area contributed by atoms with E-state index in [1.165, 1.54) is 18.2 Å². The molecule has 0 saturated heterocycles. The molecule has 0 radical (unpaired) electrons. The number of halogens is 2. The second kappa shape index (κ2) is 7.33. The smallest absolute Gasteiger partial charge is 0.263 e. The zero-order valence-corrected chi connectivity index (χ0v) is 15.0. The van der Waals surface area contributed by atoms with Crippen molar-refractivity contribution in [1.29, 1.82) is 0 Å². The van der Waals surface area contributed by atoms with E-state index in [0.29, 0.717) is 5.82 Å². The van der Waals surface area contributed by atoms with Gasteiger partial charge < -0.3 is 4.90 Å². The predicted octanol–water partition coefficient (Wildman–Crippen LogP) is 3.43. The lowest BCUT2D eigenvalue weighted by molar-refractivity contribution is 0.601. The minimum atomic E-state index is -3.81. The van der Waals surface area contributed by atoms with Crippen LogP contribution >= 0.6 is 23.2 Å². The molecule has 0 amide bonds. The average molecular weight is 375 g/mol. The summed E-state index contributed by atoms with van der Waals surface area (Å²) in [5.74, 6) is 0.819. The zero-order valence-electron chi connectivity index (χ0n) is 12.6. The molecule has 2 rings (SSSR count). The number of hydrogen-bond donors (Lipinski definition) is 1. The number of nitrogens with one attached hydrogen (secondary N) is 1. The highest BCUT2D eigenvalue weighted by Gasteiger charge is 2.17. The molecule has 9 heteroatoms. The first-order valence-corrected chi connectivity index (χ1v) is 9.17. The van der Waals surface area contributed by atoms with Gasteiger partial charge in [-0.2, -0.15) is 0 Å². The molecule has 1 N–H and O–H groups in total. The van der Waals surface area contributed by atoms with E-state index in [4.69, 9.17) is 23.2 Å². The Morgan fingerprint density at radius 3 is 2.26 bits per heavy atom. The van der Waals surface area contributed by atoms with Crippen LogP contribution in [0.1, 0.15) is 13.8 Å². The predicted molar refractivity (Wildman–Crippen MR) is 92.9 cm³/mol. The van der Waals surface area contributed by atoms with Crippen LogP contribution in [-0.2, 0) is 10.0 Å². The molecule has 1 aromatic carbocycles. The van der Waals surface area contributed by atoms with Crippen molar-refractivity contribution in [3.63, 3.8) is 0 Å². The SMILES string of the molecule is CCN(CC)c1ccc(NS(=O)(=O)c2ccc(Cl)c(Cl)c2)nn1. The van der Waals surface area contributed by atoms with Gasteiger partial charge in [0.2, 0.25) is 0 Å². The van der Waals surface area contributed by atoms with Crippen molar-refractivity contribution in [1.82, 2.24) is 10.2 Å². The summed E-state index contributed by atoms with van der Waals surface area (Å²) in [6.07, 6.45) is 0.